The Morgan fingerprint density at radius 2 is 1.64 bits per heavy atom. The van der Waals surface area contributed by atoms with Gasteiger partial charge >= 0.3 is 0 Å². The fraction of sp³-hybridized carbons (Fsp3) is 0.469. The molecule has 39 heavy (non-hydrogen) atoms. The molecule has 4 aliphatic carbocycles. The van der Waals surface area contributed by atoms with E-state index in [1.165, 1.54) is 44.1 Å². The summed E-state index contributed by atoms with van der Waals surface area (Å²) in [5.74, 6) is 2.33. The molecule has 7 heteroatoms. The highest BCUT2D eigenvalue weighted by molar-refractivity contribution is 8.18. The lowest BCUT2D eigenvalue weighted by atomic mass is 9.48. The van der Waals surface area contributed by atoms with Gasteiger partial charge in [-0.2, -0.15) is 0 Å². The van der Waals surface area contributed by atoms with E-state index < -0.39 is 17.1 Å². The Morgan fingerprint density at radius 3 is 2.23 bits per heavy atom. The first kappa shape index (κ1) is 26.2. The maximum absolute atomic E-state index is 13.3. The quantitative estimate of drug-likeness (QED) is 0.407. The molecule has 4 saturated carbocycles. The fourth-order valence-electron chi connectivity index (χ4n) is 8.12. The molecule has 0 spiro atoms. The highest BCUT2D eigenvalue weighted by Gasteiger charge is 2.51. The van der Waals surface area contributed by atoms with Crippen molar-refractivity contribution >= 4 is 40.6 Å². The number of aryl methyl sites for hydroxylation is 3. The largest absolute Gasteiger partial charge is 0.496 e. The van der Waals surface area contributed by atoms with E-state index in [1.54, 1.807) is 13.2 Å². The topological polar surface area (TPSA) is 75.7 Å². The van der Waals surface area contributed by atoms with Crippen molar-refractivity contribution in [1.82, 2.24) is 4.90 Å². The molecule has 1 aliphatic heterocycles. The molecule has 2 aromatic rings. The molecule has 0 unspecified atom stereocenters. The molecule has 0 radical (unpaired) electrons. The first-order valence-electron chi connectivity index (χ1n) is 14.0. The van der Waals surface area contributed by atoms with E-state index in [0.29, 0.717) is 10.7 Å². The number of methoxy groups -OCH3 is 1. The van der Waals surface area contributed by atoms with Crippen molar-refractivity contribution in [3.63, 3.8) is 0 Å². The molecule has 6 nitrogen and oxygen atoms in total. The molecule has 204 valence electrons. The third-order valence-corrected chi connectivity index (χ3v) is 10.2. The number of hydrogen-bond donors (Lipinski definition) is 1. The van der Waals surface area contributed by atoms with Crippen LogP contribution in [-0.4, -0.2) is 35.6 Å². The lowest BCUT2D eigenvalue weighted by Gasteiger charge is -2.57. The van der Waals surface area contributed by atoms with Crippen LogP contribution in [-0.2, 0) is 15.0 Å². The van der Waals surface area contributed by atoms with Crippen molar-refractivity contribution in [2.45, 2.75) is 64.7 Å². The maximum Gasteiger partial charge on any atom is 0.294 e. The second-order valence-corrected chi connectivity index (χ2v) is 13.2. The number of ether oxygens (including phenoxy) is 1. The normalized spacial score (nSPS) is 28.5. The van der Waals surface area contributed by atoms with E-state index in [-0.39, 0.29) is 12.0 Å². The van der Waals surface area contributed by atoms with Crippen LogP contribution in [0.15, 0.2) is 35.2 Å². The zero-order valence-electron chi connectivity index (χ0n) is 23.1. The molecule has 5 fully saturated rings. The van der Waals surface area contributed by atoms with Gasteiger partial charge in [0, 0.05) is 11.3 Å². The SMILES string of the molecule is COc1ccc(C23CC4CC(CC(C4)C2)C3)cc1/C=C1/SC(=O)N(CC(=O)Nc2c(C)cc(C)cc2C)C1=O. The predicted molar refractivity (Wildman–Crippen MR) is 155 cm³/mol. The molecular formula is C32H36N2O4S. The number of carbonyl (C=O) groups excluding carboxylic acids is 3. The number of nitrogens with zero attached hydrogens (tertiary/aromatic N) is 1. The summed E-state index contributed by atoms with van der Waals surface area (Å²) in [6.07, 6.45) is 9.65. The first-order valence-corrected chi connectivity index (χ1v) is 14.8. The number of imide groups is 1. The summed E-state index contributed by atoms with van der Waals surface area (Å²) in [5.41, 5.74) is 6.08. The zero-order chi connectivity index (χ0) is 27.5. The molecule has 0 atom stereocenters. The number of nitrogens with one attached hydrogen (secondary N) is 1. The molecule has 7 rings (SSSR count). The molecule has 1 heterocycles. The summed E-state index contributed by atoms with van der Waals surface area (Å²) in [6.45, 7) is 5.55. The van der Waals surface area contributed by atoms with Gasteiger partial charge in [-0.25, -0.2) is 0 Å². The third kappa shape index (κ3) is 4.79. The number of amides is 3. The van der Waals surface area contributed by atoms with Crippen molar-refractivity contribution in [1.29, 1.82) is 0 Å². The van der Waals surface area contributed by atoms with Crippen LogP contribution < -0.4 is 10.1 Å². The average molecular weight is 545 g/mol. The third-order valence-electron chi connectivity index (χ3n) is 9.28. The van der Waals surface area contributed by atoms with Gasteiger partial charge in [0.05, 0.1) is 12.0 Å². The fourth-order valence-corrected chi connectivity index (χ4v) is 8.95. The number of hydrogen-bond acceptors (Lipinski definition) is 5. The summed E-state index contributed by atoms with van der Waals surface area (Å²) < 4.78 is 5.65. The first-order chi connectivity index (χ1) is 18.6. The Hall–Kier alpha value is -3.06. The standard InChI is InChI=1S/C32H36N2O4S/c1-18-7-19(2)29(20(3)8-18)33-28(35)17-34-30(36)27(39-31(34)37)13-24-12-25(5-6-26(24)38-4)32-14-21-9-22(15-32)11-23(10-21)16-32/h5-8,12-13,21-23H,9-11,14-17H2,1-4H3,(H,33,35)/b27-13+. The Labute approximate surface area is 234 Å². The van der Waals surface area contributed by atoms with Crippen LogP contribution in [0.4, 0.5) is 10.5 Å². The van der Waals surface area contributed by atoms with Crippen molar-refractivity contribution in [3.05, 3.63) is 63.1 Å². The van der Waals surface area contributed by atoms with E-state index in [9.17, 15) is 14.4 Å². The molecule has 4 bridgehead atoms. The second kappa shape index (κ2) is 9.84. The summed E-state index contributed by atoms with van der Waals surface area (Å²) in [4.78, 5) is 40.3. The molecule has 1 saturated heterocycles. The highest BCUT2D eigenvalue weighted by atomic mass is 32.2. The maximum atomic E-state index is 13.3. The minimum Gasteiger partial charge on any atom is -0.496 e. The summed E-state index contributed by atoms with van der Waals surface area (Å²) in [7, 11) is 1.63. The van der Waals surface area contributed by atoms with E-state index >= 15 is 0 Å². The van der Waals surface area contributed by atoms with Crippen LogP contribution in [0.3, 0.4) is 0 Å². The predicted octanol–water partition coefficient (Wildman–Crippen LogP) is 6.76. The van der Waals surface area contributed by atoms with Crippen molar-refractivity contribution in [2.75, 3.05) is 19.0 Å². The summed E-state index contributed by atoms with van der Waals surface area (Å²) >= 11 is 0.881. The lowest BCUT2D eigenvalue weighted by molar-refractivity contribution is -0.127. The van der Waals surface area contributed by atoms with Crippen molar-refractivity contribution in [3.8, 4) is 5.75 Å². The Bertz CT molecular complexity index is 1350. The molecule has 5 aliphatic rings. The Morgan fingerprint density at radius 1 is 1.03 bits per heavy atom. The van der Waals surface area contributed by atoms with Crippen LogP contribution >= 0.6 is 11.8 Å². The van der Waals surface area contributed by atoms with Crippen LogP contribution in [0.2, 0.25) is 0 Å². The van der Waals surface area contributed by atoms with Gasteiger partial charge in [-0.05, 0) is 129 Å². The van der Waals surface area contributed by atoms with E-state index in [0.717, 1.165) is 62.4 Å². The number of benzene rings is 2. The van der Waals surface area contributed by atoms with Crippen LogP contribution in [0.1, 0.15) is 66.3 Å². The average Bonchev–Trinajstić information content (AvgIpc) is 3.12. The van der Waals surface area contributed by atoms with Crippen LogP contribution in [0, 0.1) is 38.5 Å². The molecular weight excluding hydrogens is 508 g/mol. The zero-order valence-corrected chi connectivity index (χ0v) is 24.0. The Balaban J connectivity index is 1.22. The van der Waals surface area contributed by atoms with Crippen LogP contribution in [0.5, 0.6) is 5.75 Å². The minimum absolute atomic E-state index is 0.216. The monoisotopic (exact) mass is 544 g/mol. The molecule has 1 N–H and O–H groups in total. The van der Waals surface area contributed by atoms with Gasteiger partial charge in [0.2, 0.25) is 5.91 Å². The van der Waals surface area contributed by atoms with Gasteiger partial charge in [-0.15, -0.1) is 0 Å². The van der Waals surface area contributed by atoms with E-state index in [4.69, 9.17) is 4.74 Å². The van der Waals surface area contributed by atoms with Crippen molar-refractivity contribution < 1.29 is 19.1 Å². The Kier molecular flexibility index (Phi) is 6.61. The van der Waals surface area contributed by atoms with Gasteiger partial charge in [-0.3, -0.25) is 19.3 Å². The summed E-state index contributed by atoms with van der Waals surface area (Å²) in [5, 5.41) is 2.46. The highest BCUT2D eigenvalue weighted by Crippen LogP contribution is 2.61. The van der Waals surface area contributed by atoms with E-state index in [2.05, 4.69) is 17.4 Å². The van der Waals surface area contributed by atoms with Gasteiger partial charge in [-0.1, -0.05) is 23.8 Å². The van der Waals surface area contributed by atoms with Gasteiger partial charge in [0.25, 0.3) is 11.1 Å². The molecule has 3 amide bonds. The summed E-state index contributed by atoms with van der Waals surface area (Å²) in [6, 6.07) is 10.4. The van der Waals surface area contributed by atoms with Gasteiger partial charge in [0.1, 0.15) is 12.3 Å². The minimum atomic E-state index is -0.445. The number of carbonyl (C=O) groups is 3. The van der Waals surface area contributed by atoms with Gasteiger partial charge < -0.3 is 10.1 Å². The van der Waals surface area contributed by atoms with Gasteiger partial charge in [0.15, 0.2) is 0 Å². The lowest BCUT2D eigenvalue weighted by Crippen LogP contribution is -2.48. The smallest absolute Gasteiger partial charge is 0.294 e. The van der Waals surface area contributed by atoms with E-state index in [1.807, 2.05) is 39.0 Å². The molecule has 0 aromatic heterocycles. The number of thioether (sulfide) groups is 1. The van der Waals surface area contributed by atoms with Crippen LogP contribution in [0.25, 0.3) is 6.08 Å². The second-order valence-electron chi connectivity index (χ2n) is 12.2. The number of rotatable bonds is 6. The van der Waals surface area contributed by atoms with Crippen molar-refractivity contribution in [2.24, 2.45) is 17.8 Å². The molecule has 2 aromatic carbocycles. The number of anilines is 1.